The number of hydrogen-bond acceptors (Lipinski definition) is 5. The minimum Gasteiger partial charge on any atom is -0.483 e. The molecule has 0 saturated heterocycles. The Labute approximate surface area is 158 Å². The van der Waals surface area contributed by atoms with Crippen molar-refractivity contribution in [3.05, 3.63) is 52.4 Å². The summed E-state index contributed by atoms with van der Waals surface area (Å²) < 4.78 is 11.1. The van der Waals surface area contributed by atoms with Gasteiger partial charge in [0.1, 0.15) is 5.75 Å². The van der Waals surface area contributed by atoms with Gasteiger partial charge in [-0.05, 0) is 64.4 Å². The molecule has 0 radical (unpaired) electrons. The van der Waals surface area contributed by atoms with Gasteiger partial charge in [-0.25, -0.2) is 0 Å². The molecule has 0 aliphatic carbocycles. The molecule has 7 nitrogen and oxygen atoms in total. The molecule has 3 N–H and O–H groups in total. The number of rotatable bonds is 5. The number of amides is 2. The molecule has 25 heavy (non-hydrogen) atoms. The molecule has 1 aromatic carbocycles. The number of thiocarbonyl (C=S) groups is 1. The predicted molar refractivity (Wildman–Crippen MR) is 99.1 cm³/mol. The first kappa shape index (κ1) is 18.9. The van der Waals surface area contributed by atoms with Gasteiger partial charge in [-0.1, -0.05) is 13.0 Å². The third-order valence-electron chi connectivity index (χ3n) is 3.05. The molecule has 2 amide bonds. The van der Waals surface area contributed by atoms with Crippen LogP contribution < -0.4 is 20.9 Å². The number of hydrazine groups is 1. The minimum atomic E-state index is -0.520. The van der Waals surface area contributed by atoms with Gasteiger partial charge < -0.3 is 9.15 Å². The average Bonchev–Trinajstić information content (AvgIpc) is 3.13. The van der Waals surface area contributed by atoms with Crippen LogP contribution in [0, 0.1) is 0 Å². The summed E-state index contributed by atoms with van der Waals surface area (Å²) in [5.41, 5.74) is 5.90. The highest BCUT2D eigenvalue weighted by molar-refractivity contribution is 9.10. The van der Waals surface area contributed by atoms with E-state index in [0.717, 1.165) is 16.5 Å². The minimum absolute atomic E-state index is 0.0665. The van der Waals surface area contributed by atoms with Gasteiger partial charge in [-0.2, -0.15) is 0 Å². The standard InChI is InChI=1S/C16H16BrN3O4S/c1-2-10-5-6-12(11(17)8-10)24-9-14(21)19-20-16(25)18-15(22)13-4-3-7-23-13/h3-8H,2,9H2,1H3,(H,19,21)(H2,18,20,22,25). The topological polar surface area (TPSA) is 92.6 Å². The van der Waals surface area contributed by atoms with Crippen molar-refractivity contribution < 1.29 is 18.7 Å². The van der Waals surface area contributed by atoms with Crippen LogP contribution in [-0.2, 0) is 11.2 Å². The Kier molecular flexibility index (Phi) is 6.96. The van der Waals surface area contributed by atoms with Gasteiger partial charge in [0.05, 0.1) is 10.7 Å². The summed E-state index contributed by atoms with van der Waals surface area (Å²) in [5.74, 6) is -0.311. The van der Waals surface area contributed by atoms with Gasteiger partial charge in [0, 0.05) is 0 Å². The number of hydrogen-bond donors (Lipinski definition) is 3. The van der Waals surface area contributed by atoms with Crippen molar-refractivity contribution in [3.63, 3.8) is 0 Å². The number of carbonyl (C=O) groups is 2. The molecule has 2 aromatic rings. The molecule has 1 heterocycles. The lowest BCUT2D eigenvalue weighted by Gasteiger charge is -2.12. The van der Waals surface area contributed by atoms with Crippen LogP contribution in [0.3, 0.4) is 0 Å². The zero-order valence-electron chi connectivity index (χ0n) is 13.3. The number of furan rings is 1. The van der Waals surface area contributed by atoms with Crippen molar-refractivity contribution in [2.75, 3.05) is 6.61 Å². The highest BCUT2D eigenvalue weighted by Gasteiger charge is 2.11. The molecule has 0 saturated carbocycles. The van der Waals surface area contributed by atoms with Crippen LogP contribution in [0.15, 0.2) is 45.5 Å². The summed E-state index contributed by atoms with van der Waals surface area (Å²) in [4.78, 5) is 23.5. The van der Waals surface area contributed by atoms with Crippen LogP contribution in [0.2, 0.25) is 0 Å². The number of benzene rings is 1. The average molecular weight is 426 g/mol. The zero-order valence-corrected chi connectivity index (χ0v) is 15.7. The Morgan fingerprint density at radius 3 is 2.72 bits per heavy atom. The van der Waals surface area contributed by atoms with E-state index in [0.29, 0.717) is 5.75 Å². The van der Waals surface area contributed by atoms with Crippen LogP contribution in [0.1, 0.15) is 23.0 Å². The van der Waals surface area contributed by atoms with Gasteiger partial charge in [0.2, 0.25) is 0 Å². The van der Waals surface area contributed by atoms with Gasteiger partial charge in [0.15, 0.2) is 17.5 Å². The highest BCUT2D eigenvalue weighted by atomic mass is 79.9. The molecule has 2 rings (SSSR count). The molecular weight excluding hydrogens is 410 g/mol. The molecule has 0 atom stereocenters. The number of ether oxygens (including phenoxy) is 1. The summed E-state index contributed by atoms with van der Waals surface area (Å²) in [6.07, 6.45) is 2.28. The fourth-order valence-electron chi connectivity index (χ4n) is 1.79. The van der Waals surface area contributed by atoms with E-state index in [-0.39, 0.29) is 17.5 Å². The summed E-state index contributed by atoms with van der Waals surface area (Å²) in [6, 6.07) is 8.72. The van der Waals surface area contributed by atoms with E-state index < -0.39 is 11.8 Å². The summed E-state index contributed by atoms with van der Waals surface area (Å²) in [7, 11) is 0. The van der Waals surface area contributed by atoms with E-state index in [1.807, 2.05) is 12.1 Å². The lowest BCUT2D eigenvalue weighted by atomic mass is 10.2. The van der Waals surface area contributed by atoms with Crippen molar-refractivity contribution in [1.82, 2.24) is 16.2 Å². The highest BCUT2D eigenvalue weighted by Crippen LogP contribution is 2.26. The Morgan fingerprint density at radius 2 is 2.08 bits per heavy atom. The molecule has 9 heteroatoms. The van der Waals surface area contributed by atoms with Gasteiger partial charge in [-0.3, -0.25) is 25.8 Å². The molecule has 1 aromatic heterocycles. The van der Waals surface area contributed by atoms with Crippen LogP contribution >= 0.6 is 28.1 Å². The summed E-state index contributed by atoms with van der Waals surface area (Å²) in [5, 5.41) is 2.29. The Hall–Kier alpha value is -2.39. The first-order valence-electron chi connectivity index (χ1n) is 7.34. The van der Waals surface area contributed by atoms with E-state index in [4.69, 9.17) is 21.4 Å². The first-order chi connectivity index (χ1) is 12.0. The number of carbonyl (C=O) groups excluding carboxylic acids is 2. The molecule has 0 fully saturated rings. The van der Waals surface area contributed by atoms with E-state index in [1.54, 1.807) is 12.1 Å². The fraction of sp³-hybridized carbons (Fsp3) is 0.188. The van der Waals surface area contributed by atoms with Crippen LogP contribution in [0.25, 0.3) is 0 Å². The summed E-state index contributed by atoms with van der Waals surface area (Å²) >= 11 is 8.30. The quantitative estimate of drug-likeness (QED) is 0.502. The lowest BCUT2D eigenvalue weighted by Crippen LogP contribution is -2.49. The van der Waals surface area contributed by atoms with Gasteiger partial charge in [-0.15, -0.1) is 0 Å². The molecule has 0 aliphatic rings. The van der Waals surface area contributed by atoms with Gasteiger partial charge in [0.25, 0.3) is 11.8 Å². The second kappa shape index (κ2) is 9.19. The number of aryl methyl sites for hydroxylation is 1. The van der Waals surface area contributed by atoms with E-state index in [9.17, 15) is 9.59 Å². The van der Waals surface area contributed by atoms with Crippen LogP contribution in [0.5, 0.6) is 5.75 Å². The maximum atomic E-state index is 11.8. The van der Waals surface area contributed by atoms with E-state index in [2.05, 4.69) is 39.0 Å². The van der Waals surface area contributed by atoms with Crippen molar-refractivity contribution in [3.8, 4) is 5.75 Å². The fourth-order valence-corrected chi connectivity index (χ4v) is 2.48. The Balaban J connectivity index is 1.73. The third kappa shape index (κ3) is 5.87. The second-order valence-electron chi connectivity index (χ2n) is 4.84. The molecule has 0 spiro atoms. The second-order valence-corrected chi connectivity index (χ2v) is 6.10. The SMILES string of the molecule is CCc1ccc(OCC(=O)NNC(=S)NC(=O)c2ccco2)c(Br)c1. The van der Waals surface area contributed by atoms with Crippen molar-refractivity contribution in [2.24, 2.45) is 0 Å². The monoisotopic (exact) mass is 425 g/mol. The predicted octanol–water partition coefficient (Wildman–Crippen LogP) is 2.32. The van der Waals surface area contributed by atoms with Crippen molar-refractivity contribution >= 4 is 45.1 Å². The maximum Gasteiger partial charge on any atom is 0.293 e. The van der Waals surface area contributed by atoms with Crippen molar-refractivity contribution in [1.29, 1.82) is 0 Å². The summed E-state index contributed by atoms with van der Waals surface area (Å²) in [6.45, 7) is 1.83. The Morgan fingerprint density at radius 1 is 1.28 bits per heavy atom. The largest absolute Gasteiger partial charge is 0.483 e. The Bertz CT molecular complexity index is 765. The molecule has 132 valence electrons. The third-order valence-corrected chi connectivity index (χ3v) is 3.87. The van der Waals surface area contributed by atoms with Crippen molar-refractivity contribution in [2.45, 2.75) is 13.3 Å². The molecule has 0 bridgehead atoms. The number of halogens is 1. The lowest BCUT2D eigenvalue weighted by molar-refractivity contribution is -0.123. The van der Waals surface area contributed by atoms with Gasteiger partial charge >= 0.3 is 0 Å². The number of nitrogens with one attached hydrogen (secondary N) is 3. The molecule has 0 aliphatic heterocycles. The van der Waals surface area contributed by atoms with Crippen LogP contribution in [0.4, 0.5) is 0 Å². The van der Waals surface area contributed by atoms with E-state index in [1.165, 1.54) is 12.3 Å². The first-order valence-corrected chi connectivity index (χ1v) is 8.54. The normalized spacial score (nSPS) is 10.0. The maximum absolute atomic E-state index is 11.8. The van der Waals surface area contributed by atoms with E-state index >= 15 is 0 Å². The molecule has 0 unspecified atom stereocenters. The van der Waals surface area contributed by atoms with Crippen LogP contribution in [-0.4, -0.2) is 23.5 Å². The zero-order chi connectivity index (χ0) is 18.2. The molecular formula is C16H16BrN3O4S. The smallest absolute Gasteiger partial charge is 0.293 e.